The van der Waals surface area contributed by atoms with Crippen LogP contribution in [0.25, 0.3) is 0 Å². The summed E-state index contributed by atoms with van der Waals surface area (Å²) in [5.41, 5.74) is 1.40. The molecule has 2 aliphatic heterocycles. The molecule has 1 aromatic carbocycles. The molecule has 2 atom stereocenters. The molecule has 2 N–H and O–H groups in total. The summed E-state index contributed by atoms with van der Waals surface area (Å²) in [6.07, 6.45) is 9.02. The lowest BCUT2D eigenvalue weighted by Gasteiger charge is -2.36. The van der Waals surface area contributed by atoms with E-state index in [2.05, 4.69) is 21.2 Å². The topological polar surface area (TPSA) is 72.9 Å². The minimum Gasteiger partial charge on any atom is -0.481 e. The first-order valence-electron chi connectivity index (χ1n) is 12.8. The van der Waals surface area contributed by atoms with Gasteiger partial charge in [-0.15, -0.1) is 0 Å². The number of aliphatic carboxylic acids is 1. The molecule has 6 nitrogen and oxygen atoms in total. The highest BCUT2D eigenvalue weighted by atomic mass is 35.5. The first-order chi connectivity index (χ1) is 16.8. The third-order valence-electron chi connectivity index (χ3n) is 8.08. The summed E-state index contributed by atoms with van der Waals surface area (Å²) >= 11 is 12.7. The van der Waals surface area contributed by atoms with Crippen molar-refractivity contribution >= 4 is 35.1 Å². The van der Waals surface area contributed by atoms with Gasteiger partial charge in [0.1, 0.15) is 0 Å². The number of rotatable bonds is 8. The van der Waals surface area contributed by atoms with Crippen LogP contribution in [0.3, 0.4) is 0 Å². The van der Waals surface area contributed by atoms with Gasteiger partial charge >= 0.3 is 5.97 Å². The first kappa shape index (κ1) is 26.5. The first-order valence-corrected chi connectivity index (χ1v) is 13.6. The number of allylic oxidation sites excluding steroid dienone is 1. The largest absolute Gasteiger partial charge is 0.481 e. The number of piperidine rings is 1. The van der Waals surface area contributed by atoms with Crippen molar-refractivity contribution in [1.29, 1.82) is 0 Å². The Labute approximate surface area is 218 Å². The van der Waals surface area contributed by atoms with Crippen molar-refractivity contribution in [2.45, 2.75) is 64.5 Å². The van der Waals surface area contributed by atoms with Gasteiger partial charge in [-0.05, 0) is 56.6 Å². The predicted octanol–water partition coefficient (Wildman–Crippen LogP) is 4.99. The maximum atomic E-state index is 13.6. The van der Waals surface area contributed by atoms with Crippen LogP contribution >= 0.6 is 23.2 Å². The number of halogens is 2. The van der Waals surface area contributed by atoms with Gasteiger partial charge in [0.05, 0.1) is 11.8 Å². The number of amides is 1. The summed E-state index contributed by atoms with van der Waals surface area (Å²) < 4.78 is 0. The highest BCUT2D eigenvalue weighted by Crippen LogP contribution is 2.41. The standard InChI is InChI=1S/C27H37Cl2N3O3/c1-19-15-32(17-22-23(28)8-5-9-24(22)29)18-27(19,14-25(33)34)26(35)30-21-10-12-31(13-11-21)16-20-6-3-2-4-7-20/h5-6,8-9,19,21H,2-4,7,10-18H2,1H3,(H,30,35)(H,33,34)/t19-,27-/m0/s1. The second-order valence-corrected chi connectivity index (χ2v) is 11.4. The number of carbonyl (C=O) groups is 2. The minimum atomic E-state index is -0.969. The number of likely N-dealkylation sites (tertiary alicyclic amines) is 2. The minimum absolute atomic E-state index is 0.0871. The van der Waals surface area contributed by atoms with Gasteiger partial charge in [-0.3, -0.25) is 19.4 Å². The van der Waals surface area contributed by atoms with Crippen LogP contribution in [0.4, 0.5) is 0 Å². The van der Waals surface area contributed by atoms with Crippen LogP contribution in [0.2, 0.25) is 10.0 Å². The van der Waals surface area contributed by atoms with E-state index in [9.17, 15) is 14.7 Å². The van der Waals surface area contributed by atoms with Crippen LogP contribution < -0.4 is 5.32 Å². The van der Waals surface area contributed by atoms with Crippen LogP contribution in [0.15, 0.2) is 29.8 Å². The number of carboxylic acid groups (broad SMARTS) is 1. The van der Waals surface area contributed by atoms with Crippen molar-refractivity contribution in [3.8, 4) is 0 Å². The third-order valence-corrected chi connectivity index (χ3v) is 8.79. The normalized spacial score (nSPS) is 26.5. The Morgan fingerprint density at radius 3 is 2.46 bits per heavy atom. The van der Waals surface area contributed by atoms with Crippen molar-refractivity contribution in [2.24, 2.45) is 11.3 Å². The Kier molecular flexibility index (Phi) is 8.80. The molecular formula is C27H37Cl2N3O3. The molecule has 35 heavy (non-hydrogen) atoms. The number of hydrogen-bond acceptors (Lipinski definition) is 4. The molecule has 3 aliphatic rings. The highest BCUT2D eigenvalue weighted by Gasteiger charge is 2.51. The molecule has 0 bridgehead atoms. The van der Waals surface area contributed by atoms with E-state index in [0.717, 1.165) is 38.0 Å². The predicted molar refractivity (Wildman–Crippen MR) is 140 cm³/mol. The lowest BCUT2D eigenvalue weighted by Crippen LogP contribution is -2.53. The van der Waals surface area contributed by atoms with Crippen molar-refractivity contribution in [3.05, 3.63) is 45.5 Å². The average Bonchev–Trinajstić information content (AvgIpc) is 3.13. The molecule has 4 rings (SSSR count). The van der Waals surface area contributed by atoms with E-state index < -0.39 is 11.4 Å². The molecule has 1 aliphatic carbocycles. The lowest BCUT2D eigenvalue weighted by atomic mass is 9.75. The second kappa shape index (κ2) is 11.6. The molecule has 0 unspecified atom stereocenters. The zero-order valence-corrected chi connectivity index (χ0v) is 22.1. The zero-order valence-electron chi connectivity index (χ0n) is 20.6. The van der Waals surface area contributed by atoms with Crippen molar-refractivity contribution < 1.29 is 14.7 Å². The second-order valence-electron chi connectivity index (χ2n) is 10.6. The number of hydrogen-bond donors (Lipinski definition) is 2. The fourth-order valence-electron chi connectivity index (χ4n) is 5.98. The Hall–Kier alpha value is -1.60. The average molecular weight is 523 g/mol. The van der Waals surface area contributed by atoms with Gasteiger partial charge in [-0.1, -0.05) is 47.8 Å². The molecule has 0 spiro atoms. The van der Waals surface area contributed by atoms with Crippen molar-refractivity contribution in [1.82, 2.24) is 15.1 Å². The van der Waals surface area contributed by atoms with Gasteiger partial charge in [0.2, 0.25) is 5.91 Å². The quantitative estimate of drug-likeness (QED) is 0.471. The fraction of sp³-hybridized carbons (Fsp3) is 0.630. The van der Waals surface area contributed by atoms with Gasteiger partial charge in [0.25, 0.3) is 0 Å². The highest BCUT2D eigenvalue weighted by molar-refractivity contribution is 6.35. The number of nitrogens with one attached hydrogen (secondary N) is 1. The Morgan fingerprint density at radius 2 is 1.83 bits per heavy atom. The molecule has 2 saturated heterocycles. The summed E-state index contributed by atoms with van der Waals surface area (Å²) in [6, 6.07) is 5.50. The van der Waals surface area contributed by atoms with Gasteiger partial charge in [-0.2, -0.15) is 0 Å². The van der Waals surface area contributed by atoms with Crippen LogP contribution in [-0.4, -0.2) is 65.5 Å². The van der Waals surface area contributed by atoms with Gasteiger partial charge in [-0.25, -0.2) is 0 Å². The van der Waals surface area contributed by atoms with E-state index in [0.29, 0.717) is 29.7 Å². The molecule has 192 valence electrons. The molecular weight excluding hydrogens is 485 g/mol. The summed E-state index contributed by atoms with van der Waals surface area (Å²) in [7, 11) is 0. The maximum absolute atomic E-state index is 13.6. The van der Waals surface area contributed by atoms with E-state index in [4.69, 9.17) is 23.2 Å². The van der Waals surface area contributed by atoms with Gasteiger partial charge < -0.3 is 10.4 Å². The molecule has 0 saturated carbocycles. The van der Waals surface area contributed by atoms with E-state index in [1.807, 2.05) is 6.92 Å². The number of nitrogens with zero attached hydrogens (tertiary/aromatic N) is 2. The van der Waals surface area contributed by atoms with E-state index in [1.165, 1.54) is 25.7 Å². The summed E-state index contributed by atoms with van der Waals surface area (Å²) in [4.78, 5) is 30.1. The van der Waals surface area contributed by atoms with Gasteiger partial charge in [0, 0.05) is 60.9 Å². The van der Waals surface area contributed by atoms with Gasteiger partial charge in [0.15, 0.2) is 0 Å². The van der Waals surface area contributed by atoms with Crippen LogP contribution in [0.1, 0.15) is 57.4 Å². The molecule has 2 fully saturated rings. The van der Waals surface area contributed by atoms with E-state index >= 15 is 0 Å². The van der Waals surface area contributed by atoms with Crippen LogP contribution in [0.5, 0.6) is 0 Å². The lowest BCUT2D eigenvalue weighted by molar-refractivity contribution is -0.147. The van der Waals surface area contributed by atoms with Crippen molar-refractivity contribution in [3.63, 3.8) is 0 Å². The zero-order chi connectivity index (χ0) is 25.0. The number of carboxylic acids is 1. The van der Waals surface area contributed by atoms with Crippen molar-refractivity contribution in [2.75, 3.05) is 32.7 Å². The molecule has 0 radical (unpaired) electrons. The Morgan fingerprint density at radius 1 is 1.11 bits per heavy atom. The summed E-state index contributed by atoms with van der Waals surface area (Å²) in [5, 5.41) is 14.1. The third kappa shape index (κ3) is 6.40. The molecule has 8 heteroatoms. The Bertz CT molecular complexity index is 941. The smallest absolute Gasteiger partial charge is 0.304 e. The van der Waals surface area contributed by atoms with Crippen LogP contribution in [-0.2, 0) is 16.1 Å². The maximum Gasteiger partial charge on any atom is 0.304 e. The monoisotopic (exact) mass is 521 g/mol. The fourth-order valence-corrected chi connectivity index (χ4v) is 6.50. The summed E-state index contributed by atoms with van der Waals surface area (Å²) in [5.74, 6) is -1.17. The summed E-state index contributed by atoms with van der Waals surface area (Å²) in [6.45, 7) is 6.43. The SMILES string of the molecule is C[C@H]1CN(Cc2c(Cl)cccc2Cl)C[C@]1(CC(=O)O)C(=O)NC1CCN(CC2=CCCCC2)CC1. The molecule has 2 heterocycles. The molecule has 1 aromatic rings. The van der Waals surface area contributed by atoms with E-state index in [-0.39, 0.29) is 24.3 Å². The van der Waals surface area contributed by atoms with E-state index in [1.54, 1.807) is 23.8 Å². The molecule has 0 aromatic heterocycles. The van der Waals surface area contributed by atoms with Crippen LogP contribution in [0, 0.1) is 11.3 Å². The molecule has 1 amide bonds. The number of benzene rings is 1. The Balaban J connectivity index is 1.38. The number of carbonyl (C=O) groups excluding carboxylic acids is 1.